The van der Waals surface area contributed by atoms with Gasteiger partial charge in [-0.15, -0.1) is 0 Å². The van der Waals surface area contributed by atoms with Crippen molar-refractivity contribution in [2.45, 2.75) is 6.42 Å². The van der Waals surface area contributed by atoms with Crippen LogP contribution in [0.2, 0.25) is 0 Å². The topological polar surface area (TPSA) is 46.4 Å². The van der Waals surface area contributed by atoms with Crippen LogP contribution in [0.4, 0.5) is 5.69 Å². The molecule has 0 bridgehead atoms. The first kappa shape index (κ1) is 14.8. The summed E-state index contributed by atoms with van der Waals surface area (Å²) in [6.45, 7) is 1.51. The normalized spacial score (nSPS) is 11.0. The Morgan fingerprint density at radius 3 is 2.82 bits per heavy atom. The number of rotatable bonds is 5. The van der Waals surface area contributed by atoms with E-state index in [-0.39, 0.29) is 0 Å². The lowest BCUT2D eigenvalue weighted by molar-refractivity contribution is 0.196. The van der Waals surface area contributed by atoms with Gasteiger partial charge in [0.2, 0.25) is 0 Å². The van der Waals surface area contributed by atoms with Crippen LogP contribution < -0.4 is 10.6 Å². The fourth-order valence-corrected chi connectivity index (χ4v) is 2.62. The summed E-state index contributed by atoms with van der Waals surface area (Å²) in [5.74, 6) is 0. The summed E-state index contributed by atoms with van der Waals surface area (Å²) in [5, 5.41) is 9.17. The Labute approximate surface area is 134 Å². The van der Waals surface area contributed by atoms with Gasteiger partial charge >= 0.3 is 0 Å². The molecule has 0 unspecified atom stereocenters. The van der Waals surface area contributed by atoms with Crippen molar-refractivity contribution in [1.82, 2.24) is 5.32 Å². The maximum Gasteiger partial charge on any atom is 0.170 e. The quantitative estimate of drug-likeness (QED) is 0.552. The van der Waals surface area contributed by atoms with Crippen LogP contribution in [0, 0.1) is 0 Å². The summed E-state index contributed by atoms with van der Waals surface area (Å²) in [4.78, 5) is 0. The van der Waals surface area contributed by atoms with E-state index in [4.69, 9.17) is 21.4 Å². The van der Waals surface area contributed by atoms with E-state index >= 15 is 0 Å². The average molecular weight is 314 g/mol. The molecule has 0 fully saturated rings. The Morgan fingerprint density at radius 1 is 1.14 bits per heavy atom. The van der Waals surface area contributed by atoms with Crippen molar-refractivity contribution in [3.8, 4) is 0 Å². The molecule has 0 aliphatic carbocycles. The molecule has 0 radical (unpaired) electrons. The molecule has 5 heteroatoms. The largest absolute Gasteiger partial charge is 0.456 e. The van der Waals surface area contributed by atoms with E-state index in [0.717, 1.165) is 47.2 Å². The second-order valence-electron chi connectivity index (χ2n) is 5.04. The van der Waals surface area contributed by atoms with Gasteiger partial charge < -0.3 is 19.8 Å². The van der Waals surface area contributed by atoms with Gasteiger partial charge in [-0.2, -0.15) is 0 Å². The molecule has 4 nitrogen and oxygen atoms in total. The third-order valence-corrected chi connectivity index (χ3v) is 3.69. The highest BCUT2D eigenvalue weighted by atomic mass is 32.1. The minimum atomic E-state index is 0.603. The lowest BCUT2D eigenvalue weighted by Gasteiger charge is -2.10. The van der Waals surface area contributed by atoms with Crippen molar-refractivity contribution >= 4 is 45.0 Å². The third-order valence-electron chi connectivity index (χ3n) is 3.45. The molecule has 22 heavy (non-hydrogen) atoms. The van der Waals surface area contributed by atoms with Gasteiger partial charge in [-0.3, -0.25) is 0 Å². The molecule has 0 aliphatic rings. The van der Waals surface area contributed by atoms with Crippen LogP contribution in [0.25, 0.3) is 21.9 Å². The van der Waals surface area contributed by atoms with E-state index in [0.29, 0.717) is 5.11 Å². The molecule has 0 saturated heterocycles. The van der Waals surface area contributed by atoms with Crippen LogP contribution in [0.5, 0.6) is 0 Å². The van der Waals surface area contributed by atoms with Crippen LogP contribution in [0.15, 0.2) is 46.9 Å². The van der Waals surface area contributed by atoms with Crippen LogP contribution in [0.3, 0.4) is 0 Å². The van der Waals surface area contributed by atoms with E-state index in [1.54, 1.807) is 7.11 Å². The second-order valence-corrected chi connectivity index (χ2v) is 5.44. The highest BCUT2D eigenvalue weighted by Gasteiger charge is 2.07. The second kappa shape index (κ2) is 6.77. The van der Waals surface area contributed by atoms with Crippen molar-refractivity contribution in [2.24, 2.45) is 0 Å². The number of hydrogen-bond donors (Lipinski definition) is 2. The molecule has 1 heterocycles. The molecule has 2 N–H and O–H groups in total. The Hall–Kier alpha value is -2.11. The number of benzene rings is 2. The number of anilines is 1. The van der Waals surface area contributed by atoms with Crippen LogP contribution in [0.1, 0.15) is 6.42 Å². The first-order chi connectivity index (χ1) is 10.8. The zero-order valence-corrected chi connectivity index (χ0v) is 13.2. The Morgan fingerprint density at radius 2 is 1.95 bits per heavy atom. The first-order valence-electron chi connectivity index (χ1n) is 7.23. The fourth-order valence-electron chi connectivity index (χ4n) is 2.40. The Bertz CT molecular complexity index is 798. The van der Waals surface area contributed by atoms with Crippen LogP contribution in [-0.4, -0.2) is 25.4 Å². The molecule has 0 amide bonds. The van der Waals surface area contributed by atoms with Crippen LogP contribution in [-0.2, 0) is 4.74 Å². The van der Waals surface area contributed by atoms with E-state index in [2.05, 4.69) is 22.8 Å². The maximum absolute atomic E-state index is 5.87. The van der Waals surface area contributed by atoms with Gasteiger partial charge in [-0.05, 0) is 36.8 Å². The maximum atomic E-state index is 5.87. The highest BCUT2D eigenvalue weighted by molar-refractivity contribution is 7.80. The van der Waals surface area contributed by atoms with Gasteiger partial charge in [-0.1, -0.05) is 18.2 Å². The van der Waals surface area contributed by atoms with Gasteiger partial charge in [0, 0.05) is 42.8 Å². The minimum absolute atomic E-state index is 0.603. The van der Waals surface area contributed by atoms with Crippen molar-refractivity contribution < 1.29 is 9.15 Å². The van der Waals surface area contributed by atoms with E-state index in [1.165, 1.54) is 0 Å². The fraction of sp³-hybridized carbons (Fsp3) is 0.235. The summed E-state index contributed by atoms with van der Waals surface area (Å²) in [5.41, 5.74) is 2.67. The number of ether oxygens (including phenoxy) is 1. The average Bonchev–Trinajstić information content (AvgIpc) is 2.89. The molecule has 0 aliphatic heterocycles. The first-order valence-corrected chi connectivity index (χ1v) is 7.64. The number of fused-ring (bicyclic) bond motifs is 3. The molecule has 3 aromatic rings. The van der Waals surface area contributed by atoms with Crippen LogP contribution >= 0.6 is 12.2 Å². The third kappa shape index (κ3) is 3.21. The molecule has 3 rings (SSSR count). The van der Waals surface area contributed by atoms with Gasteiger partial charge in [0.1, 0.15) is 11.2 Å². The Balaban J connectivity index is 1.72. The number of para-hydroxylation sites is 1. The predicted molar refractivity (Wildman–Crippen MR) is 94.4 cm³/mol. The molecular weight excluding hydrogens is 296 g/mol. The van der Waals surface area contributed by atoms with Crippen molar-refractivity contribution in [2.75, 3.05) is 25.6 Å². The van der Waals surface area contributed by atoms with E-state index < -0.39 is 0 Å². The standard InChI is InChI=1S/C17H18N2O2S/c1-20-10-4-9-18-17(22)19-12-7-8-14-13-5-2-3-6-15(13)21-16(14)11-12/h2-3,5-8,11H,4,9-10H2,1H3,(H2,18,19,22). The summed E-state index contributed by atoms with van der Waals surface area (Å²) in [6.07, 6.45) is 0.918. The lowest BCUT2D eigenvalue weighted by Crippen LogP contribution is -2.29. The number of hydrogen-bond acceptors (Lipinski definition) is 3. The van der Waals surface area contributed by atoms with Crippen molar-refractivity contribution in [3.05, 3.63) is 42.5 Å². The number of furan rings is 1. The van der Waals surface area contributed by atoms with Gasteiger partial charge in [0.25, 0.3) is 0 Å². The number of methoxy groups -OCH3 is 1. The molecular formula is C17H18N2O2S. The number of nitrogens with one attached hydrogen (secondary N) is 2. The molecule has 114 valence electrons. The van der Waals surface area contributed by atoms with Crippen molar-refractivity contribution in [3.63, 3.8) is 0 Å². The monoisotopic (exact) mass is 314 g/mol. The smallest absolute Gasteiger partial charge is 0.170 e. The molecule has 0 spiro atoms. The predicted octanol–water partition coefficient (Wildman–Crippen LogP) is 3.91. The Kier molecular flexibility index (Phi) is 4.56. The molecule has 0 saturated carbocycles. The minimum Gasteiger partial charge on any atom is -0.456 e. The summed E-state index contributed by atoms with van der Waals surface area (Å²) in [6, 6.07) is 14.1. The van der Waals surface area contributed by atoms with Gasteiger partial charge in [0.05, 0.1) is 0 Å². The van der Waals surface area contributed by atoms with Gasteiger partial charge in [0.15, 0.2) is 5.11 Å². The molecule has 0 atom stereocenters. The molecule has 2 aromatic carbocycles. The van der Waals surface area contributed by atoms with E-state index in [1.807, 2.05) is 30.3 Å². The van der Waals surface area contributed by atoms with Gasteiger partial charge in [-0.25, -0.2) is 0 Å². The summed E-state index contributed by atoms with van der Waals surface area (Å²) >= 11 is 5.28. The lowest BCUT2D eigenvalue weighted by atomic mass is 10.1. The highest BCUT2D eigenvalue weighted by Crippen LogP contribution is 2.30. The zero-order valence-electron chi connectivity index (χ0n) is 12.4. The van der Waals surface area contributed by atoms with Crippen molar-refractivity contribution in [1.29, 1.82) is 0 Å². The van der Waals surface area contributed by atoms with E-state index in [9.17, 15) is 0 Å². The SMILES string of the molecule is COCCCNC(=S)Nc1ccc2c(c1)oc1ccccc12. The summed E-state index contributed by atoms with van der Waals surface area (Å²) in [7, 11) is 1.69. The number of thiocarbonyl (C=S) groups is 1. The zero-order chi connectivity index (χ0) is 15.4. The molecule has 1 aromatic heterocycles. The summed E-state index contributed by atoms with van der Waals surface area (Å²) < 4.78 is 10.9.